The van der Waals surface area contributed by atoms with Crippen LogP contribution in [0.5, 0.6) is 0 Å². The number of aliphatic carboxylic acids is 1. The van der Waals surface area contributed by atoms with E-state index in [0.29, 0.717) is 19.6 Å². The summed E-state index contributed by atoms with van der Waals surface area (Å²) < 4.78 is 6.10. The van der Waals surface area contributed by atoms with Crippen LogP contribution < -0.4 is 5.32 Å². The lowest BCUT2D eigenvalue weighted by atomic mass is 10.0. The van der Waals surface area contributed by atoms with E-state index in [-0.39, 0.29) is 18.2 Å². The minimum absolute atomic E-state index is 0.128. The van der Waals surface area contributed by atoms with Gasteiger partial charge in [0.2, 0.25) is 5.91 Å². The van der Waals surface area contributed by atoms with Gasteiger partial charge in [-0.05, 0) is 30.0 Å². The van der Waals surface area contributed by atoms with Gasteiger partial charge in [-0.15, -0.1) is 0 Å². The zero-order valence-electron chi connectivity index (χ0n) is 11.5. The topological polar surface area (TPSA) is 75.6 Å². The maximum absolute atomic E-state index is 12.1. The van der Waals surface area contributed by atoms with Crippen LogP contribution in [-0.2, 0) is 14.3 Å². The first kappa shape index (κ1) is 16.0. The number of hydrogen-bond acceptors (Lipinski definition) is 3. The number of carbonyl (C=O) groups excluding carboxylic acids is 1. The number of benzene rings is 1. The SMILES string of the molecule is O=C(O)C[C@@H](NC(=O)C[C@@H]1CCOC1)c1cccc(Br)c1. The standard InChI is InChI=1S/C15H18BrNO4/c16-12-3-1-2-11(7-12)13(8-15(19)20)17-14(18)6-10-4-5-21-9-10/h1-3,7,10,13H,4-6,8-9H2,(H,17,18)(H,19,20)/t10-,13+/m0/s1. The second-order valence-electron chi connectivity index (χ2n) is 5.21. The molecule has 0 saturated carbocycles. The molecule has 1 saturated heterocycles. The Kier molecular flexibility index (Phi) is 5.76. The van der Waals surface area contributed by atoms with Crippen molar-refractivity contribution in [1.82, 2.24) is 5.32 Å². The van der Waals surface area contributed by atoms with Crippen LogP contribution in [0.3, 0.4) is 0 Å². The predicted octanol–water partition coefficient (Wildman–Crippen LogP) is 2.51. The van der Waals surface area contributed by atoms with Crippen LogP contribution >= 0.6 is 15.9 Å². The lowest BCUT2D eigenvalue weighted by Crippen LogP contribution is -2.31. The molecule has 1 aliphatic heterocycles. The molecule has 1 amide bonds. The van der Waals surface area contributed by atoms with Gasteiger partial charge in [-0.2, -0.15) is 0 Å². The van der Waals surface area contributed by atoms with Gasteiger partial charge in [0.15, 0.2) is 0 Å². The van der Waals surface area contributed by atoms with Crippen LogP contribution in [0.4, 0.5) is 0 Å². The quantitative estimate of drug-likeness (QED) is 0.821. The summed E-state index contributed by atoms with van der Waals surface area (Å²) in [5.41, 5.74) is 0.780. The molecule has 0 radical (unpaired) electrons. The molecule has 2 N–H and O–H groups in total. The number of halogens is 1. The van der Waals surface area contributed by atoms with Crippen molar-refractivity contribution in [2.45, 2.75) is 25.3 Å². The normalized spacial score (nSPS) is 19.2. The van der Waals surface area contributed by atoms with Gasteiger partial charge in [0, 0.05) is 24.1 Å². The lowest BCUT2D eigenvalue weighted by Gasteiger charge is -2.18. The van der Waals surface area contributed by atoms with Gasteiger partial charge in [-0.3, -0.25) is 9.59 Å². The molecule has 1 aromatic rings. The fourth-order valence-corrected chi connectivity index (χ4v) is 2.83. The first-order chi connectivity index (χ1) is 10.0. The molecule has 0 spiro atoms. The zero-order chi connectivity index (χ0) is 15.2. The minimum Gasteiger partial charge on any atom is -0.481 e. The molecular formula is C15H18BrNO4. The number of carboxylic acids is 1. The fraction of sp³-hybridized carbons (Fsp3) is 0.467. The van der Waals surface area contributed by atoms with Crippen LogP contribution in [0, 0.1) is 5.92 Å². The summed E-state index contributed by atoms with van der Waals surface area (Å²) in [5, 5.41) is 11.9. The van der Waals surface area contributed by atoms with Crippen molar-refractivity contribution in [2.24, 2.45) is 5.92 Å². The van der Waals surface area contributed by atoms with E-state index in [0.717, 1.165) is 16.5 Å². The maximum Gasteiger partial charge on any atom is 0.305 e. The Morgan fingerprint density at radius 3 is 2.90 bits per heavy atom. The Balaban J connectivity index is 2.01. The van der Waals surface area contributed by atoms with E-state index in [1.54, 1.807) is 0 Å². The third kappa shape index (κ3) is 5.13. The van der Waals surface area contributed by atoms with Crippen LogP contribution in [0.2, 0.25) is 0 Å². The summed E-state index contributed by atoms with van der Waals surface area (Å²) in [4.78, 5) is 23.1. The van der Waals surface area contributed by atoms with Crippen molar-refractivity contribution in [2.75, 3.05) is 13.2 Å². The van der Waals surface area contributed by atoms with Gasteiger partial charge in [0.25, 0.3) is 0 Å². The molecule has 5 nitrogen and oxygen atoms in total. The van der Waals surface area contributed by atoms with Crippen molar-refractivity contribution in [3.8, 4) is 0 Å². The highest BCUT2D eigenvalue weighted by Crippen LogP contribution is 2.22. The Bertz CT molecular complexity index is 514. The highest BCUT2D eigenvalue weighted by molar-refractivity contribution is 9.10. The number of carboxylic acid groups (broad SMARTS) is 1. The third-order valence-electron chi connectivity index (χ3n) is 3.46. The van der Waals surface area contributed by atoms with Crippen molar-refractivity contribution in [3.63, 3.8) is 0 Å². The molecule has 0 unspecified atom stereocenters. The molecule has 1 fully saturated rings. The lowest BCUT2D eigenvalue weighted by molar-refractivity contribution is -0.137. The number of hydrogen-bond donors (Lipinski definition) is 2. The fourth-order valence-electron chi connectivity index (χ4n) is 2.41. The number of carbonyl (C=O) groups is 2. The van der Waals surface area contributed by atoms with Gasteiger partial charge in [0.1, 0.15) is 0 Å². The largest absolute Gasteiger partial charge is 0.481 e. The molecule has 1 aromatic carbocycles. The highest BCUT2D eigenvalue weighted by atomic mass is 79.9. The molecular weight excluding hydrogens is 338 g/mol. The van der Waals surface area contributed by atoms with Crippen molar-refractivity contribution < 1.29 is 19.4 Å². The van der Waals surface area contributed by atoms with Crippen LogP contribution in [-0.4, -0.2) is 30.2 Å². The maximum atomic E-state index is 12.1. The molecule has 1 heterocycles. The van der Waals surface area contributed by atoms with Crippen LogP contribution in [0.25, 0.3) is 0 Å². The second-order valence-corrected chi connectivity index (χ2v) is 6.12. The van der Waals surface area contributed by atoms with E-state index in [2.05, 4.69) is 21.2 Å². The van der Waals surface area contributed by atoms with Crippen molar-refractivity contribution >= 4 is 27.8 Å². The Labute approximate surface area is 131 Å². The van der Waals surface area contributed by atoms with E-state index in [9.17, 15) is 9.59 Å². The van der Waals surface area contributed by atoms with Crippen molar-refractivity contribution in [1.29, 1.82) is 0 Å². The Morgan fingerprint density at radius 1 is 1.48 bits per heavy atom. The van der Waals surface area contributed by atoms with Gasteiger partial charge < -0.3 is 15.2 Å². The first-order valence-corrected chi connectivity index (χ1v) is 7.68. The summed E-state index contributed by atoms with van der Waals surface area (Å²) in [6.45, 7) is 1.30. The predicted molar refractivity (Wildman–Crippen MR) is 80.8 cm³/mol. The Hall–Kier alpha value is -1.40. The van der Waals surface area contributed by atoms with Gasteiger partial charge in [-0.25, -0.2) is 0 Å². The summed E-state index contributed by atoms with van der Waals surface area (Å²) in [7, 11) is 0. The van der Waals surface area contributed by atoms with Crippen LogP contribution in [0.15, 0.2) is 28.7 Å². The molecule has 0 bridgehead atoms. The molecule has 0 aliphatic carbocycles. The number of amides is 1. The first-order valence-electron chi connectivity index (χ1n) is 6.89. The average Bonchev–Trinajstić information content (AvgIpc) is 2.90. The summed E-state index contributed by atoms with van der Waals surface area (Å²) in [5.74, 6) is -0.834. The summed E-state index contributed by atoms with van der Waals surface area (Å²) >= 11 is 3.36. The highest BCUT2D eigenvalue weighted by Gasteiger charge is 2.23. The second kappa shape index (κ2) is 7.56. The monoisotopic (exact) mass is 355 g/mol. The van der Waals surface area contributed by atoms with E-state index in [4.69, 9.17) is 9.84 Å². The number of ether oxygens (including phenoxy) is 1. The average molecular weight is 356 g/mol. The molecule has 2 atom stereocenters. The summed E-state index contributed by atoms with van der Waals surface area (Å²) in [6, 6.07) is 6.81. The molecule has 6 heteroatoms. The van der Waals surface area contributed by atoms with E-state index in [1.165, 1.54) is 0 Å². The van der Waals surface area contributed by atoms with E-state index < -0.39 is 12.0 Å². The third-order valence-corrected chi connectivity index (χ3v) is 3.96. The van der Waals surface area contributed by atoms with E-state index >= 15 is 0 Å². The summed E-state index contributed by atoms with van der Waals surface area (Å²) in [6.07, 6.45) is 1.13. The smallest absolute Gasteiger partial charge is 0.305 e. The van der Waals surface area contributed by atoms with Gasteiger partial charge in [-0.1, -0.05) is 28.1 Å². The van der Waals surface area contributed by atoms with Crippen molar-refractivity contribution in [3.05, 3.63) is 34.3 Å². The zero-order valence-corrected chi connectivity index (χ0v) is 13.1. The number of nitrogens with one attached hydrogen (secondary N) is 1. The molecule has 2 rings (SSSR count). The molecule has 0 aromatic heterocycles. The minimum atomic E-state index is -0.940. The molecule has 114 valence electrons. The number of rotatable bonds is 6. The molecule has 1 aliphatic rings. The van der Waals surface area contributed by atoms with Crippen LogP contribution in [0.1, 0.15) is 30.9 Å². The van der Waals surface area contributed by atoms with Gasteiger partial charge in [0.05, 0.1) is 12.5 Å². The Morgan fingerprint density at radius 2 is 2.29 bits per heavy atom. The molecule has 21 heavy (non-hydrogen) atoms. The van der Waals surface area contributed by atoms with E-state index in [1.807, 2.05) is 24.3 Å². The van der Waals surface area contributed by atoms with Gasteiger partial charge >= 0.3 is 5.97 Å².